The van der Waals surface area contributed by atoms with Gasteiger partial charge in [0.15, 0.2) is 0 Å². The number of imide groups is 1. The lowest BCUT2D eigenvalue weighted by atomic mass is 9.80. The van der Waals surface area contributed by atoms with Gasteiger partial charge in [-0.25, -0.2) is 4.79 Å². The number of aryl methyl sites for hydroxylation is 1. The molecule has 30 heavy (non-hydrogen) atoms. The minimum absolute atomic E-state index is 0.194. The van der Waals surface area contributed by atoms with Gasteiger partial charge in [0.2, 0.25) is 5.91 Å². The smallest absolute Gasteiger partial charge is 0.325 e. The minimum atomic E-state index is -0.993. The lowest BCUT2D eigenvalue weighted by Crippen LogP contribution is -2.47. The van der Waals surface area contributed by atoms with Crippen molar-refractivity contribution in [2.75, 3.05) is 19.6 Å². The van der Waals surface area contributed by atoms with Crippen LogP contribution in [0.25, 0.3) is 5.57 Å². The maximum Gasteiger partial charge on any atom is 0.325 e. The molecule has 4 amide bonds. The number of fused-ring (bicyclic) bond motifs is 2. The molecule has 0 bridgehead atoms. The van der Waals surface area contributed by atoms with Gasteiger partial charge in [0, 0.05) is 23.5 Å². The predicted molar refractivity (Wildman–Crippen MR) is 115 cm³/mol. The Bertz CT molecular complexity index is 1040. The molecule has 3 aliphatic rings. The van der Waals surface area contributed by atoms with E-state index >= 15 is 0 Å². The van der Waals surface area contributed by atoms with Crippen LogP contribution < -0.4 is 5.32 Å². The van der Waals surface area contributed by atoms with Crippen LogP contribution in [0, 0.1) is 0 Å². The lowest BCUT2D eigenvalue weighted by molar-refractivity contribution is -0.139. The predicted octanol–water partition coefficient (Wildman–Crippen LogP) is 3.15. The number of hydrogen-bond acceptors (Lipinski definition) is 4. The molecular formula is C23H23N3O3S. The van der Waals surface area contributed by atoms with Crippen LogP contribution in [-0.4, -0.2) is 47.3 Å². The Hall–Kier alpha value is -2.93. The number of carbonyl (C=O) groups is 3. The fourth-order valence-electron chi connectivity index (χ4n) is 4.73. The molecule has 6 nitrogen and oxygen atoms in total. The summed E-state index contributed by atoms with van der Waals surface area (Å²) in [5.41, 5.74) is 2.30. The molecular weight excluding hydrogens is 398 g/mol. The molecule has 0 radical (unpaired) electrons. The monoisotopic (exact) mass is 421 g/mol. The maximum atomic E-state index is 13.3. The lowest BCUT2D eigenvalue weighted by Gasteiger charge is -2.31. The average molecular weight is 422 g/mol. The molecule has 1 N–H and O–H groups in total. The van der Waals surface area contributed by atoms with E-state index in [1.54, 1.807) is 16.2 Å². The first-order valence-corrected chi connectivity index (χ1v) is 11.2. The Morgan fingerprint density at radius 1 is 1.13 bits per heavy atom. The number of nitrogens with one attached hydrogen (secondary N) is 1. The molecule has 2 aliphatic heterocycles. The van der Waals surface area contributed by atoms with Crippen LogP contribution in [0.1, 0.15) is 35.3 Å². The number of carbonyl (C=O) groups excluding carboxylic acids is 3. The average Bonchev–Trinajstić information content (AvgIpc) is 3.35. The van der Waals surface area contributed by atoms with Crippen LogP contribution in [0.15, 0.2) is 47.9 Å². The zero-order chi connectivity index (χ0) is 20.7. The quantitative estimate of drug-likeness (QED) is 0.774. The third-order valence-electron chi connectivity index (χ3n) is 6.34. The second-order valence-corrected chi connectivity index (χ2v) is 9.02. The molecule has 1 spiro atoms. The summed E-state index contributed by atoms with van der Waals surface area (Å²) < 4.78 is 0. The van der Waals surface area contributed by atoms with Gasteiger partial charge in [-0.3, -0.25) is 14.5 Å². The third-order valence-corrected chi connectivity index (χ3v) is 7.32. The molecule has 1 aliphatic carbocycles. The summed E-state index contributed by atoms with van der Waals surface area (Å²) in [5, 5.41) is 4.88. The van der Waals surface area contributed by atoms with E-state index in [2.05, 4.69) is 23.5 Å². The number of thiophene rings is 1. The first kappa shape index (κ1) is 19.1. The second-order valence-electron chi connectivity index (χ2n) is 8.02. The summed E-state index contributed by atoms with van der Waals surface area (Å²) in [7, 11) is 0. The van der Waals surface area contributed by atoms with Crippen molar-refractivity contribution in [2.45, 2.75) is 31.2 Å². The molecule has 0 saturated carbocycles. The molecule has 1 aromatic heterocycles. The van der Waals surface area contributed by atoms with Crippen molar-refractivity contribution in [2.24, 2.45) is 0 Å². The molecule has 1 aromatic carbocycles. The van der Waals surface area contributed by atoms with E-state index in [4.69, 9.17) is 0 Å². The molecule has 7 heteroatoms. The highest BCUT2D eigenvalue weighted by molar-refractivity contribution is 7.10. The molecule has 1 saturated heterocycles. The highest BCUT2D eigenvalue weighted by atomic mass is 32.1. The van der Waals surface area contributed by atoms with Gasteiger partial charge >= 0.3 is 6.03 Å². The van der Waals surface area contributed by atoms with E-state index in [1.807, 2.05) is 29.6 Å². The van der Waals surface area contributed by atoms with Gasteiger partial charge in [0.1, 0.15) is 12.1 Å². The number of benzene rings is 1. The SMILES string of the molecule is O=C(CN1C(=O)NC2(CCCc3sccc32)C1=O)N1CC=C(c2ccccc2)CC1. The van der Waals surface area contributed by atoms with Crippen molar-refractivity contribution in [3.63, 3.8) is 0 Å². The summed E-state index contributed by atoms with van der Waals surface area (Å²) in [4.78, 5) is 42.8. The largest absolute Gasteiger partial charge is 0.337 e. The van der Waals surface area contributed by atoms with Crippen LogP contribution in [0.3, 0.4) is 0 Å². The van der Waals surface area contributed by atoms with Crippen molar-refractivity contribution in [3.05, 3.63) is 63.9 Å². The zero-order valence-electron chi connectivity index (χ0n) is 16.6. The van der Waals surface area contributed by atoms with E-state index in [0.29, 0.717) is 19.5 Å². The fourth-order valence-corrected chi connectivity index (χ4v) is 5.73. The van der Waals surface area contributed by atoms with Crippen molar-refractivity contribution >= 4 is 34.8 Å². The number of urea groups is 1. The summed E-state index contributed by atoms with van der Waals surface area (Å²) in [5.74, 6) is -0.488. The number of nitrogens with zero attached hydrogens (tertiary/aromatic N) is 2. The van der Waals surface area contributed by atoms with Crippen molar-refractivity contribution < 1.29 is 14.4 Å². The summed E-state index contributed by atoms with van der Waals surface area (Å²) >= 11 is 1.62. The normalized spacial score (nSPS) is 23.4. The standard InChI is InChI=1S/C23H23N3O3S/c27-20(25-12-8-17(9-13-25)16-5-2-1-3-6-16)15-26-21(28)23(24-22(26)29)11-4-7-19-18(23)10-14-30-19/h1-3,5-6,8,10,14H,4,7,9,11-13,15H2,(H,24,29). The fraction of sp³-hybridized carbons (Fsp3) is 0.348. The molecule has 154 valence electrons. The zero-order valence-corrected chi connectivity index (χ0v) is 17.4. The van der Waals surface area contributed by atoms with Gasteiger partial charge in [-0.05, 0) is 48.3 Å². The Labute approximate surface area is 179 Å². The van der Waals surface area contributed by atoms with Gasteiger partial charge < -0.3 is 10.2 Å². The van der Waals surface area contributed by atoms with Crippen LogP contribution in [0.5, 0.6) is 0 Å². The Kier molecular flexibility index (Phi) is 4.70. The summed E-state index contributed by atoms with van der Waals surface area (Å²) in [6, 6.07) is 11.6. The Balaban J connectivity index is 1.29. The Morgan fingerprint density at radius 2 is 1.97 bits per heavy atom. The number of amides is 4. The van der Waals surface area contributed by atoms with Crippen molar-refractivity contribution in [1.82, 2.24) is 15.1 Å². The summed E-state index contributed by atoms with van der Waals surface area (Å²) in [6.07, 6.45) is 5.18. The first-order valence-electron chi connectivity index (χ1n) is 10.3. The van der Waals surface area contributed by atoms with Gasteiger partial charge in [-0.1, -0.05) is 36.4 Å². The second kappa shape index (κ2) is 7.40. The topological polar surface area (TPSA) is 69.7 Å². The minimum Gasteiger partial charge on any atom is -0.337 e. The molecule has 3 heterocycles. The van der Waals surface area contributed by atoms with E-state index in [1.165, 1.54) is 11.1 Å². The Morgan fingerprint density at radius 3 is 2.73 bits per heavy atom. The van der Waals surface area contributed by atoms with E-state index in [0.717, 1.165) is 34.6 Å². The highest BCUT2D eigenvalue weighted by Crippen LogP contribution is 2.42. The van der Waals surface area contributed by atoms with Gasteiger partial charge in [0.05, 0.1) is 0 Å². The molecule has 5 rings (SSSR count). The molecule has 2 aromatic rings. The maximum absolute atomic E-state index is 13.3. The highest BCUT2D eigenvalue weighted by Gasteiger charge is 2.54. The van der Waals surface area contributed by atoms with Crippen LogP contribution >= 0.6 is 11.3 Å². The number of rotatable bonds is 3. The van der Waals surface area contributed by atoms with E-state index in [9.17, 15) is 14.4 Å². The molecule has 1 fully saturated rings. The first-order chi connectivity index (χ1) is 14.6. The molecule has 1 atom stereocenters. The third kappa shape index (κ3) is 3.04. The molecule has 1 unspecified atom stereocenters. The summed E-state index contributed by atoms with van der Waals surface area (Å²) in [6.45, 7) is 0.871. The van der Waals surface area contributed by atoms with Crippen LogP contribution in [0.2, 0.25) is 0 Å². The van der Waals surface area contributed by atoms with Gasteiger partial charge in [-0.2, -0.15) is 0 Å². The van der Waals surface area contributed by atoms with Crippen molar-refractivity contribution in [3.8, 4) is 0 Å². The van der Waals surface area contributed by atoms with Gasteiger partial charge in [0.25, 0.3) is 5.91 Å². The van der Waals surface area contributed by atoms with Crippen molar-refractivity contribution in [1.29, 1.82) is 0 Å². The number of hydrogen-bond donors (Lipinski definition) is 1. The van der Waals surface area contributed by atoms with E-state index < -0.39 is 11.6 Å². The van der Waals surface area contributed by atoms with E-state index in [-0.39, 0.29) is 18.4 Å². The van der Waals surface area contributed by atoms with Gasteiger partial charge in [-0.15, -0.1) is 11.3 Å². The van der Waals surface area contributed by atoms with Crippen LogP contribution in [0.4, 0.5) is 4.79 Å². The van der Waals surface area contributed by atoms with Crippen LogP contribution in [-0.2, 0) is 21.5 Å².